The van der Waals surface area contributed by atoms with E-state index in [2.05, 4.69) is 20.7 Å². The summed E-state index contributed by atoms with van der Waals surface area (Å²) in [4.78, 5) is 11.2. The van der Waals surface area contributed by atoms with Gasteiger partial charge in [-0.05, 0) is 6.92 Å². The molecule has 0 aliphatic carbocycles. The molecule has 0 bridgehead atoms. The van der Waals surface area contributed by atoms with Gasteiger partial charge in [-0.3, -0.25) is 9.89 Å². The second-order valence-corrected chi connectivity index (χ2v) is 4.53. The van der Waals surface area contributed by atoms with Crippen LogP contribution in [0.25, 0.3) is 11.3 Å². The van der Waals surface area contributed by atoms with Gasteiger partial charge in [0.2, 0.25) is 5.91 Å². The molecule has 96 valence electrons. The summed E-state index contributed by atoms with van der Waals surface area (Å²) in [6.45, 7) is 1.97. The number of benzene rings is 1. The molecule has 5 nitrogen and oxygen atoms in total. The van der Waals surface area contributed by atoms with E-state index in [1.165, 1.54) is 0 Å². The Hall–Kier alpha value is -2.43. The van der Waals surface area contributed by atoms with Gasteiger partial charge < -0.3 is 0 Å². The first-order valence-electron chi connectivity index (χ1n) is 6.22. The zero-order valence-electron chi connectivity index (χ0n) is 10.6. The zero-order valence-corrected chi connectivity index (χ0v) is 10.6. The Kier molecular flexibility index (Phi) is 2.87. The molecule has 2 N–H and O–H groups in total. The number of hydrogen-bond acceptors (Lipinski definition) is 3. The minimum absolute atomic E-state index is 0.0360. The number of nitrogens with zero attached hydrogens (tertiary/aromatic N) is 2. The van der Waals surface area contributed by atoms with Crippen molar-refractivity contribution in [1.82, 2.24) is 15.6 Å². The fourth-order valence-electron chi connectivity index (χ4n) is 2.24. The van der Waals surface area contributed by atoms with Crippen molar-refractivity contribution in [3.8, 4) is 11.3 Å². The number of aromatic amines is 1. The van der Waals surface area contributed by atoms with Gasteiger partial charge in [0.05, 0.1) is 5.71 Å². The monoisotopic (exact) mass is 254 g/mol. The predicted molar refractivity (Wildman–Crippen MR) is 72.7 cm³/mol. The quantitative estimate of drug-likeness (QED) is 0.860. The fraction of sp³-hybridized carbons (Fsp3) is 0.214. The number of carbonyl (C=O) groups is 1. The van der Waals surface area contributed by atoms with Crippen molar-refractivity contribution in [2.24, 2.45) is 5.10 Å². The molecule has 0 unspecified atom stereocenters. The maximum atomic E-state index is 11.2. The highest BCUT2D eigenvalue weighted by Gasteiger charge is 2.21. The Morgan fingerprint density at radius 2 is 1.95 bits per heavy atom. The van der Waals surface area contributed by atoms with Crippen LogP contribution in [0.5, 0.6) is 0 Å². The molecule has 0 atom stereocenters. The normalized spacial score (nSPS) is 15.0. The Balaban J connectivity index is 2.07. The van der Waals surface area contributed by atoms with E-state index in [0.29, 0.717) is 12.8 Å². The maximum Gasteiger partial charge on any atom is 0.240 e. The van der Waals surface area contributed by atoms with Crippen molar-refractivity contribution in [2.75, 3.05) is 0 Å². The summed E-state index contributed by atoms with van der Waals surface area (Å²) in [6.07, 6.45) is 1.11. The molecule has 0 saturated carbocycles. The molecule has 1 aromatic heterocycles. The van der Waals surface area contributed by atoms with Crippen LogP contribution in [0, 0.1) is 6.92 Å². The van der Waals surface area contributed by atoms with E-state index in [9.17, 15) is 4.79 Å². The lowest BCUT2D eigenvalue weighted by molar-refractivity contribution is -0.121. The van der Waals surface area contributed by atoms with E-state index < -0.39 is 0 Å². The van der Waals surface area contributed by atoms with E-state index in [0.717, 1.165) is 28.2 Å². The van der Waals surface area contributed by atoms with E-state index in [-0.39, 0.29) is 5.91 Å². The highest BCUT2D eigenvalue weighted by atomic mass is 16.2. The van der Waals surface area contributed by atoms with Crippen molar-refractivity contribution in [3.05, 3.63) is 41.6 Å². The average molecular weight is 254 g/mol. The number of hydrogen-bond donors (Lipinski definition) is 2. The minimum Gasteiger partial charge on any atom is -0.282 e. The molecular formula is C14H14N4O. The van der Waals surface area contributed by atoms with Crippen molar-refractivity contribution < 1.29 is 4.79 Å². The van der Waals surface area contributed by atoms with Gasteiger partial charge >= 0.3 is 0 Å². The van der Waals surface area contributed by atoms with Crippen molar-refractivity contribution >= 4 is 11.6 Å². The third kappa shape index (κ3) is 2.14. The van der Waals surface area contributed by atoms with E-state index in [1.54, 1.807) is 0 Å². The second-order valence-electron chi connectivity index (χ2n) is 4.53. The van der Waals surface area contributed by atoms with Crippen molar-refractivity contribution in [1.29, 1.82) is 0 Å². The SMILES string of the molecule is Cc1[nH]nc(-c2ccccc2)c1C1=NNC(=O)CC1. The molecule has 0 radical (unpaired) electrons. The summed E-state index contributed by atoms with van der Waals surface area (Å²) < 4.78 is 0. The van der Waals surface area contributed by atoms with E-state index in [4.69, 9.17) is 0 Å². The molecular weight excluding hydrogens is 240 g/mol. The van der Waals surface area contributed by atoms with Gasteiger partial charge in [0.15, 0.2) is 0 Å². The number of hydrazone groups is 1. The summed E-state index contributed by atoms with van der Waals surface area (Å²) in [5, 5.41) is 11.5. The summed E-state index contributed by atoms with van der Waals surface area (Å²) >= 11 is 0. The van der Waals surface area contributed by atoms with E-state index in [1.807, 2.05) is 37.3 Å². The van der Waals surface area contributed by atoms with Gasteiger partial charge in [-0.15, -0.1) is 0 Å². The molecule has 2 aromatic rings. The summed E-state index contributed by atoms with van der Waals surface area (Å²) in [6, 6.07) is 9.96. The Labute approximate surface area is 110 Å². The first kappa shape index (κ1) is 11.6. The smallest absolute Gasteiger partial charge is 0.240 e. The second kappa shape index (κ2) is 4.68. The van der Waals surface area contributed by atoms with Gasteiger partial charge in [-0.2, -0.15) is 10.2 Å². The summed E-state index contributed by atoms with van der Waals surface area (Å²) in [5.74, 6) is -0.0360. The van der Waals surface area contributed by atoms with Gasteiger partial charge in [-0.1, -0.05) is 30.3 Å². The Morgan fingerprint density at radius 3 is 2.63 bits per heavy atom. The first-order valence-corrected chi connectivity index (χ1v) is 6.22. The molecule has 1 aliphatic heterocycles. The van der Waals surface area contributed by atoms with Crippen LogP contribution in [0.4, 0.5) is 0 Å². The molecule has 3 rings (SSSR count). The predicted octanol–water partition coefficient (Wildman–Crippen LogP) is 2.00. The van der Waals surface area contributed by atoms with Gasteiger partial charge in [0.25, 0.3) is 0 Å². The third-order valence-corrected chi connectivity index (χ3v) is 3.19. The maximum absolute atomic E-state index is 11.2. The molecule has 5 heteroatoms. The molecule has 1 amide bonds. The molecule has 2 heterocycles. The molecule has 0 saturated heterocycles. The molecule has 1 aromatic carbocycles. The fourth-order valence-corrected chi connectivity index (χ4v) is 2.24. The summed E-state index contributed by atoms with van der Waals surface area (Å²) in [5.41, 5.74) is 7.30. The van der Waals surface area contributed by atoms with Crippen molar-refractivity contribution in [2.45, 2.75) is 19.8 Å². The number of carbonyl (C=O) groups excluding carboxylic acids is 1. The molecule has 19 heavy (non-hydrogen) atoms. The molecule has 0 fully saturated rings. The van der Waals surface area contributed by atoms with Crippen LogP contribution in [0.2, 0.25) is 0 Å². The number of H-pyrrole nitrogens is 1. The van der Waals surface area contributed by atoms with Gasteiger partial charge in [0, 0.05) is 29.7 Å². The van der Waals surface area contributed by atoms with Crippen molar-refractivity contribution in [3.63, 3.8) is 0 Å². The zero-order chi connectivity index (χ0) is 13.2. The highest BCUT2D eigenvalue weighted by molar-refractivity contribution is 6.08. The number of nitrogens with one attached hydrogen (secondary N) is 2. The van der Waals surface area contributed by atoms with Crippen LogP contribution in [-0.4, -0.2) is 21.8 Å². The number of rotatable bonds is 2. The lowest BCUT2D eigenvalue weighted by Gasteiger charge is -2.12. The Morgan fingerprint density at radius 1 is 1.16 bits per heavy atom. The first-order chi connectivity index (χ1) is 9.25. The lowest BCUT2D eigenvalue weighted by atomic mass is 9.99. The average Bonchev–Trinajstić information content (AvgIpc) is 2.83. The number of aryl methyl sites for hydroxylation is 1. The highest BCUT2D eigenvalue weighted by Crippen LogP contribution is 2.25. The standard InChI is InChI=1S/C14H14N4O/c1-9-13(11-7-8-12(19)17-16-11)14(18-15-9)10-5-3-2-4-6-10/h2-6H,7-8H2,1H3,(H,15,18)(H,17,19). The summed E-state index contributed by atoms with van der Waals surface area (Å²) in [7, 11) is 0. The van der Waals surface area contributed by atoms with E-state index >= 15 is 0 Å². The lowest BCUT2D eigenvalue weighted by Crippen LogP contribution is -2.26. The van der Waals surface area contributed by atoms with Crippen LogP contribution >= 0.6 is 0 Å². The van der Waals surface area contributed by atoms with Gasteiger partial charge in [-0.25, -0.2) is 5.43 Å². The Bertz CT molecular complexity index is 643. The molecule has 0 spiro atoms. The van der Waals surface area contributed by atoms with Crippen LogP contribution in [0.3, 0.4) is 0 Å². The molecule has 1 aliphatic rings. The largest absolute Gasteiger partial charge is 0.282 e. The number of amides is 1. The number of aromatic nitrogens is 2. The van der Waals surface area contributed by atoms with Crippen LogP contribution in [-0.2, 0) is 4.79 Å². The van der Waals surface area contributed by atoms with Crippen LogP contribution in [0.15, 0.2) is 35.4 Å². The third-order valence-electron chi connectivity index (χ3n) is 3.19. The topological polar surface area (TPSA) is 70.1 Å². The minimum atomic E-state index is -0.0360. The van der Waals surface area contributed by atoms with Crippen LogP contribution in [0.1, 0.15) is 24.1 Å². The van der Waals surface area contributed by atoms with Gasteiger partial charge in [0.1, 0.15) is 5.69 Å². The van der Waals surface area contributed by atoms with Crippen LogP contribution < -0.4 is 5.43 Å².